The summed E-state index contributed by atoms with van der Waals surface area (Å²) < 4.78 is 1.97. The van der Waals surface area contributed by atoms with Crippen molar-refractivity contribution in [2.75, 3.05) is 11.4 Å². The lowest BCUT2D eigenvalue weighted by atomic mass is 10.0. The van der Waals surface area contributed by atoms with E-state index in [2.05, 4.69) is 56.0 Å². The molecule has 0 saturated heterocycles. The van der Waals surface area contributed by atoms with Crippen LogP contribution >= 0.6 is 0 Å². The molecular weight excluding hydrogens is 314 g/mol. The summed E-state index contributed by atoms with van der Waals surface area (Å²) in [6.07, 6.45) is 6.19. The standard InChI is InChI=1S/C18H17N7/c1-12-4-2-5-13-10-15(23-25(12)13)17-16-14(21-11-22-16)6-9-24(17)18-19-7-3-8-20-18/h2-5,7-8,10-11,17H,6,9H2,1H3,(H,21,22)/t17-/m0/s1. The molecule has 0 unspecified atom stereocenters. The zero-order valence-corrected chi connectivity index (χ0v) is 13.8. The maximum atomic E-state index is 4.86. The summed E-state index contributed by atoms with van der Waals surface area (Å²) >= 11 is 0. The number of imidazole rings is 1. The van der Waals surface area contributed by atoms with E-state index >= 15 is 0 Å². The fraction of sp³-hybridized carbons (Fsp3) is 0.222. The molecule has 0 fully saturated rings. The Labute approximate surface area is 144 Å². The van der Waals surface area contributed by atoms with Crippen molar-refractivity contribution >= 4 is 11.5 Å². The SMILES string of the molecule is Cc1cccc2cc([C@H]3c4nc[nH]c4CCN3c3ncccn3)nn12. The number of hydrogen-bond donors (Lipinski definition) is 1. The highest BCUT2D eigenvalue weighted by atomic mass is 15.3. The quantitative estimate of drug-likeness (QED) is 0.610. The Bertz CT molecular complexity index is 1030. The molecule has 5 heterocycles. The van der Waals surface area contributed by atoms with E-state index in [0.717, 1.165) is 41.3 Å². The minimum absolute atomic E-state index is 0.100. The largest absolute Gasteiger partial charge is 0.348 e. The van der Waals surface area contributed by atoms with Crippen molar-refractivity contribution in [3.05, 3.63) is 71.8 Å². The van der Waals surface area contributed by atoms with Gasteiger partial charge in [0.05, 0.1) is 23.2 Å². The highest BCUT2D eigenvalue weighted by molar-refractivity contribution is 5.53. The Morgan fingerprint density at radius 2 is 2.00 bits per heavy atom. The van der Waals surface area contributed by atoms with Gasteiger partial charge in [-0.2, -0.15) is 5.10 Å². The number of fused-ring (bicyclic) bond motifs is 2. The number of nitrogens with zero attached hydrogens (tertiary/aromatic N) is 6. The van der Waals surface area contributed by atoms with E-state index in [-0.39, 0.29) is 6.04 Å². The van der Waals surface area contributed by atoms with E-state index in [4.69, 9.17) is 5.10 Å². The van der Waals surface area contributed by atoms with Crippen LogP contribution in [0.25, 0.3) is 5.52 Å². The van der Waals surface area contributed by atoms with Crippen LogP contribution in [0.15, 0.2) is 49.1 Å². The summed E-state index contributed by atoms with van der Waals surface area (Å²) in [6, 6.07) is 10.0. The monoisotopic (exact) mass is 331 g/mol. The molecule has 25 heavy (non-hydrogen) atoms. The molecule has 0 aliphatic carbocycles. The number of aromatic nitrogens is 6. The molecule has 0 bridgehead atoms. The summed E-state index contributed by atoms with van der Waals surface area (Å²) in [4.78, 5) is 18.9. The Morgan fingerprint density at radius 1 is 1.12 bits per heavy atom. The average molecular weight is 331 g/mol. The first-order chi connectivity index (χ1) is 12.3. The van der Waals surface area contributed by atoms with Crippen LogP contribution in [0.4, 0.5) is 5.95 Å². The van der Waals surface area contributed by atoms with Gasteiger partial charge in [-0.15, -0.1) is 0 Å². The second kappa shape index (κ2) is 5.41. The van der Waals surface area contributed by atoms with Gasteiger partial charge in [-0.25, -0.2) is 19.5 Å². The van der Waals surface area contributed by atoms with Crippen molar-refractivity contribution in [3.8, 4) is 0 Å². The molecule has 124 valence electrons. The lowest BCUT2D eigenvalue weighted by Crippen LogP contribution is -2.37. The first-order valence-corrected chi connectivity index (χ1v) is 8.32. The fourth-order valence-electron chi connectivity index (χ4n) is 3.54. The van der Waals surface area contributed by atoms with E-state index in [1.807, 2.05) is 10.6 Å². The lowest BCUT2D eigenvalue weighted by molar-refractivity contribution is 0.601. The van der Waals surface area contributed by atoms with Crippen molar-refractivity contribution < 1.29 is 0 Å². The number of nitrogens with one attached hydrogen (secondary N) is 1. The summed E-state index contributed by atoms with van der Waals surface area (Å²) in [7, 11) is 0. The van der Waals surface area contributed by atoms with Crippen molar-refractivity contribution in [1.82, 2.24) is 29.5 Å². The molecule has 0 radical (unpaired) electrons. The number of aromatic amines is 1. The zero-order chi connectivity index (χ0) is 16.8. The first kappa shape index (κ1) is 14.2. The van der Waals surface area contributed by atoms with Crippen LogP contribution in [0.1, 0.15) is 28.8 Å². The fourth-order valence-corrected chi connectivity index (χ4v) is 3.54. The molecule has 0 saturated carbocycles. The van der Waals surface area contributed by atoms with Crippen LogP contribution in [-0.2, 0) is 6.42 Å². The summed E-state index contributed by atoms with van der Waals surface area (Å²) in [5.41, 5.74) is 5.29. The number of anilines is 1. The third-order valence-electron chi connectivity index (χ3n) is 4.71. The maximum absolute atomic E-state index is 4.86. The van der Waals surface area contributed by atoms with E-state index in [0.29, 0.717) is 5.95 Å². The van der Waals surface area contributed by atoms with Crippen LogP contribution in [0.5, 0.6) is 0 Å². The van der Waals surface area contributed by atoms with E-state index < -0.39 is 0 Å². The predicted octanol–water partition coefficient (Wildman–Crippen LogP) is 2.31. The number of hydrogen-bond acceptors (Lipinski definition) is 5. The Balaban J connectivity index is 1.70. The highest BCUT2D eigenvalue weighted by Gasteiger charge is 2.34. The van der Waals surface area contributed by atoms with Crippen LogP contribution < -0.4 is 4.90 Å². The smallest absolute Gasteiger partial charge is 0.226 e. The molecule has 1 aliphatic heterocycles. The third kappa shape index (κ3) is 2.20. The Hall–Kier alpha value is -3.22. The molecule has 0 amide bonds. The summed E-state index contributed by atoms with van der Waals surface area (Å²) in [5, 5.41) is 4.86. The topological polar surface area (TPSA) is 75.0 Å². The van der Waals surface area contributed by atoms with Crippen LogP contribution in [0.2, 0.25) is 0 Å². The number of H-pyrrole nitrogens is 1. The maximum Gasteiger partial charge on any atom is 0.226 e. The molecule has 1 aliphatic rings. The molecule has 0 spiro atoms. The van der Waals surface area contributed by atoms with E-state index in [9.17, 15) is 0 Å². The lowest BCUT2D eigenvalue weighted by Gasteiger charge is -2.33. The minimum atomic E-state index is -0.100. The van der Waals surface area contributed by atoms with Gasteiger partial charge in [0.2, 0.25) is 5.95 Å². The zero-order valence-electron chi connectivity index (χ0n) is 13.8. The first-order valence-electron chi connectivity index (χ1n) is 8.32. The van der Waals surface area contributed by atoms with Gasteiger partial charge in [0.15, 0.2) is 0 Å². The summed E-state index contributed by atoms with van der Waals surface area (Å²) in [5.74, 6) is 0.704. The van der Waals surface area contributed by atoms with Gasteiger partial charge in [-0.1, -0.05) is 6.07 Å². The molecule has 4 aromatic heterocycles. The molecule has 0 aromatic carbocycles. The van der Waals surface area contributed by atoms with E-state index in [1.54, 1.807) is 18.7 Å². The van der Waals surface area contributed by atoms with Gasteiger partial charge in [0.25, 0.3) is 0 Å². The molecule has 7 nitrogen and oxygen atoms in total. The van der Waals surface area contributed by atoms with Gasteiger partial charge < -0.3 is 9.88 Å². The average Bonchev–Trinajstić information content (AvgIpc) is 3.29. The van der Waals surface area contributed by atoms with Gasteiger partial charge in [-0.05, 0) is 31.2 Å². The highest BCUT2D eigenvalue weighted by Crippen LogP contribution is 2.35. The van der Waals surface area contributed by atoms with Crippen molar-refractivity contribution in [2.24, 2.45) is 0 Å². The molecule has 7 heteroatoms. The predicted molar refractivity (Wildman–Crippen MR) is 93.4 cm³/mol. The molecule has 5 rings (SSSR count). The van der Waals surface area contributed by atoms with Crippen molar-refractivity contribution in [2.45, 2.75) is 19.4 Å². The minimum Gasteiger partial charge on any atom is -0.348 e. The van der Waals surface area contributed by atoms with Crippen molar-refractivity contribution in [3.63, 3.8) is 0 Å². The van der Waals surface area contributed by atoms with Gasteiger partial charge in [0, 0.05) is 36.7 Å². The van der Waals surface area contributed by atoms with Crippen LogP contribution in [0.3, 0.4) is 0 Å². The molecule has 1 atom stereocenters. The second-order valence-corrected chi connectivity index (χ2v) is 6.23. The molecule has 4 aromatic rings. The van der Waals surface area contributed by atoms with Crippen molar-refractivity contribution in [1.29, 1.82) is 0 Å². The van der Waals surface area contributed by atoms with Gasteiger partial charge in [-0.3, -0.25) is 0 Å². The molecular formula is C18H17N7. The number of pyridine rings is 1. The van der Waals surface area contributed by atoms with Crippen LogP contribution in [0, 0.1) is 6.92 Å². The Kier molecular flexibility index (Phi) is 3.06. The third-order valence-corrected chi connectivity index (χ3v) is 4.71. The Morgan fingerprint density at radius 3 is 2.84 bits per heavy atom. The summed E-state index contributed by atoms with van der Waals surface area (Å²) in [6.45, 7) is 2.87. The normalized spacial score (nSPS) is 17.0. The van der Waals surface area contributed by atoms with Crippen LogP contribution in [-0.4, -0.2) is 36.1 Å². The number of rotatable bonds is 2. The van der Waals surface area contributed by atoms with Gasteiger partial charge >= 0.3 is 0 Å². The van der Waals surface area contributed by atoms with Gasteiger partial charge in [0.1, 0.15) is 6.04 Å². The second-order valence-electron chi connectivity index (χ2n) is 6.23. The van der Waals surface area contributed by atoms with E-state index in [1.165, 1.54) is 0 Å². The number of aryl methyl sites for hydroxylation is 1. The molecule has 1 N–H and O–H groups in total.